The van der Waals surface area contributed by atoms with Gasteiger partial charge in [0, 0.05) is 42.9 Å². The minimum absolute atomic E-state index is 0.0421. The van der Waals surface area contributed by atoms with Crippen LogP contribution in [0.5, 0.6) is 0 Å². The first-order chi connectivity index (χ1) is 23.5. The summed E-state index contributed by atoms with van der Waals surface area (Å²) in [6.45, 7) is 5.68. The van der Waals surface area contributed by atoms with Crippen molar-refractivity contribution in [1.29, 1.82) is 0 Å². The first-order valence-electron chi connectivity index (χ1n) is 16.5. The van der Waals surface area contributed by atoms with Gasteiger partial charge in [-0.1, -0.05) is 62.7 Å². The number of carbonyl (C=O) groups excluding carboxylic acids is 2. The number of morpholine rings is 1. The summed E-state index contributed by atoms with van der Waals surface area (Å²) in [5.41, 5.74) is 7.13. The number of sulfonamides is 1. The lowest BCUT2D eigenvalue weighted by atomic mass is 9.98. The quantitative estimate of drug-likeness (QED) is 0.0911. The first-order valence-corrected chi connectivity index (χ1v) is 19.1. The molecule has 49 heavy (non-hydrogen) atoms. The van der Waals surface area contributed by atoms with Crippen LogP contribution in [0.3, 0.4) is 0 Å². The second-order valence-corrected chi connectivity index (χ2v) is 15.1. The maximum absolute atomic E-state index is 13.7. The fraction of sp³-hybridized carbons (Fsp3) is 0.471. The molecule has 15 heteroatoms. The van der Waals surface area contributed by atoms with E-state index in [1.54, 1.807) is 4.90 Å². The SMILES string of the molecule is CC(C)CN([C@@H](CCCCNC(=O)C(Cc1cccc2ccccc12)NC(=O)N1CCOCC1)CO[P+](=O)O)S(=O)(=O)c1ccc(N)cc1. The van der Waals surface area contributed by atoms with E-state index in [0.29, 0.717) is 51.3 Å². The molecular weight excluding hydrogens is 669 g/mol. The fourth-order valence-corrected chi connectivity index (χ4v) is 7.89. The van der Waals surface area contributed by atoms with Gasteiger partial charge in [-0.3, -0.25) is 4.79 Å². The van der Waals surface area contributed by atoms with Gasteiger partial charge in [-0.15, -0.1) is 9.42 Å². The molecule has 0 aliphatic carbocycles. The van der Waals surface area contributed by atoms with E-state index in [-0.39, 0.29) is 48.9 Å². The number of nitrogens with two attached hydrogens (primary N) is 1. The van der Waals surface area contributed by atoms with Crippen molar-refractivity contribution in [3.8, 4) is 0 Å². The van der Waals surface area contributed by atoms with E-state index in [2.05, 4.69) is 10.6 Å². The van der Waals surface area contributed by atoms with Crippen LogP contribution in [0, 0.1) is 5.92 Å². The summed E-state index contributed by atoms with van der Waals surface area (Å²) < 4.78 is 50.7. The highest BCUT2D eigenvalue weighted by molar-refractivity contribution is 7.89. The van der Waals surface area contributed by atoms with Gasteiger partial charge in [-0.2, -0.15) is 4.31 Å². The lowest BCUT2D eigenvalue weighted by Gasteiger charge is -2.31. The van der Waals surface area contributed by atoms with Gasteiger partial charge in [0.1, 0.15) is 12.6 Å². The van der Waals surface area contributed by atoms with Gasteiger partial charge in [0.2, 0.25) is 15.9 Å². The van der Waals surface area contributed by atoms with Crippen LogP contribution >= 0.6 is 8.25 Å². The number of urea groups is 1. The number of amides is 3. The molecule has 3 atom stereocenters. The van der Waals surface area contributed by atoms with E-state index in [1.165, 1.54) is 28.6 Å². The van der Waals surface area contributed by atoms with Gasteiger partial charge in [0.05, 0.1) is 24.2 Å². The standard InChI is InChI=1S/C34H46N5O8PS/c1-25(2)23-39(49(44,45)30-15-13-28(35)14-16-30)29(24-47-48(42)43)11-5-6-17-36-33(40)32(37-34(41)38-18-20-46-21-19-38)22-27-10-7-9-26-8-3-4-12-31(26)27/h3-4,7-10,12-16,25,29,32H,5-6,11,17-24,35H2,1-2H3,(H2-,36,37,40,41,42,43)/p+1/t29-,32?/m0/s1. The molecule has 1 heterocycles. The van der Waals surface area contributed by atoms with Crippen LogP contribution in [0.15, 0.2) is 71.6 Å². The molecule has 1 aliphatic rings. The molecule has 3 amide bonds. The van der Waals surface area contributed by atoms with E-state index in [4.69, 9.17) is 15.0 Å². The third kappa shape index (κ3) is 11.2. The molecule has 3 aromatic rings. The molecule has 1 fully saturated rings. The third-order valence-corrected chi connectivity index (χ3v) is 10.6. The lowest BCUT2D eigenvalue weighted by Crippen LogP contribution is -2.54. The van der Waals surface area contributed by atoms with Crippen molar-refractivity contribution < 1.29 is 36.7 Å². The second-order valence-electron chi connectivity index (χ2n) is 12.5. The zero-order valence-electron chi connectivity index (χ0n) is 28.0. The minimum Gasteiger partial charge on any atom is -0.399 e. The van der Waals surface area contributed by atoms with Crippen molar-refractivity contribution >= 4 is 46.7 Å². The third-order valence-electron chi connectivity index (χ3n) is 8.30. The smallest absolute Gasteiger partial charge is 0.399 e. The summed E-state index contributed by atoms with van der Waals surface area (Å²) in [4.78, 5) is 37.8. The van der Waals surface area contributed by atoms with E-state index in [0.717, 1.165) is 16.3 Å². The summed E-state index contributed by atoms with van der Waals surface area (Å²) in [6, 6.07) is 17.7. The maximum Gasteiger partial charge on any atom is 0.694 e. The number of nitrogens with one attached hydrogen (secondary N) is 2. The second kappa shape index (κ2) is 18.4. The Hall–Kier alpha value is -3.65. The normalized spacial score (nSPS) is 15.3. The van der Waals surface area contributed by atoms with Crippen LogP contribution in [-0.2, 0) is 35.1 Å². The van der Waals surface area contributed by atoms with Gasteiger partial charge in [0.15, 0.2) is 0 Å². The molecule has 0 bridgehead atoms. The van der Waals surface area contributed by atoms with E-state index in [1.807, 2.05) is 56.3 Å². The van der Waals surface area contributed by atoms with E-state index < -0.39 is 30.4 Å². The molecule has 0 radical (unpaired) electrons. The van der Waals surface area contributed by atoms with Crippen molar-refractivity contribution in [2.24, 2.45) is 5.92 Å². The Morgan fingerprint density at radius 2 is 1.73 bits per heavy atom. The fourth-order valence-electron chi connectivity index (χ4n) is 5.78. The number of nitrogen functional groups attached to an aromatic ring is 1. The highest BCUT2D eigenvalue weighted by Crippen LogP contribution is 2.26. The molecule has 4 rings (SSSR count). The van der Waals surface area contributed by atoms with Gasteiger partial charge in [0.25, 0.3) is 0 Å². The highest BCUT2D eigenvalue weighted by atomic mass is 32.2. The Kier molecular flexibility index (Phi) is 14.3. The zero-order valence-corrected chi connectivity index (χ0v) is 29.7. The monoisotopic (exact) mass is 716 g/mol. The molecule has 1 saturated heterocycles. The number of rotatable bonds is 17. The average Bonchev–Trinajstić information content (AvgIpc) is 3.08. The number of unbranched alkanes of at least 4 members (excludes halogenated alkanes) is 1. The number of hydrogen-bond donors (Lipinski definition) is 4. The van der Waals surface area contributed by atoms with E-state index >= 15 is 0 Å². The molecule has 2 unspecified atom stereocenters. The maximum atomic E-state index is 13.7. The van der Waals surface area contributed by atoms with Crippen molar-refractivity contribution in [1.82, 2.24) is 19.8 Å². The molecule has 0 aromatic heterocycles. The molecule has 13 nitrogen and oxygen atoms in total. The molecule has 5 N–H and O–H groups in total. The van der Waals surface area contributed by atoms with Gasteiger partial charge in [-0.25, -0.2) is 13.2 Å². The zero-order chi connectivity index (χ0) is 35.4. The predicted octanol–water partition coefficient (Wildman–Crippen LogP) is 4.04. The number of anilines is 1. The van der Waals surface area contributed by atoms with Crippen LogP contribution in [0.25, 0.3) is 10.8 Å². The topological polar surface area (TPSA) is 181 Å². The minimum atomic E-state index is -3.99. The summed E-state index contributed by atoms with van der Waals surface area (Å²) in [7, 11) is -6.94. The van der Waals surface area contributed by atoms with E-state index in [9.17, 15) is 27.5 Å². The van der Waals surface area contributed by atoms with Crippen molar-refractivity contribution in [3.63, 3.8) is 0 Å². The summed E-state index contributed by atoms with van der Waals surface area (Å²) >= 11 is 0. The Morgan fingerprint density at radius 3 is 2.43 bits per heavy atom. The highest BCUT2D eigenvalue weighted by Gasteiger charge is 2.34. The molecular formula is C34H47N5O8PS+. The number of nitrogens with zero attached hydrogens (tertiary/aromatic N) is 2. The lowest BCUT2D eigenvalue weighted by molar-refractivity contribution is -0.123. The Bertz CT molecular complexity index is 1660. The van der Waals surface area contributed by atoms with Crippen LogP contribution < -0.4 is 16.4 Å². The Labute approximate surface area is 289 Å². The number of carbonyl (C=O) groups is 2. The van der Waals surface area contributed by atoms with Crippen LogP contribution in [0.1, 0.15) is 38.7 Å². The largest absolute Gasteiger partial charge is 0.694 e. The van der Waals surface area contributed by atoms with Gasteiger partial charge in [-0.05, 0) is 59.4 Å². The summed E-state index contributed by atoms with van der Waals surface area (Å²) in [5, 5.41) is 7.91. The molecule has 3 aromatic carbocycles. The molecule has 0 saturated carbocycles. The summed E-state index contributed by atoms with van der Waals surface area (Å²) in [6.07, 6.45) is 1.57. The van der Waals surface area contributed by atoms with Crippen molar-refractivity contribution in [2.75, 3.05) is 51.7 Å². The summed E-state index contributed by atoms with van der Waals surface area (Å²) in [5.74, 6) is -0.376. The molecule has 0 spiro atoms. The average molecular weight is 717 g/mol. The van der Waals surface area contributed by atoms with Crippen molar-refractivity contribution in [3.05, 3.63) is 72.3 Å². The molecule has 266 valence electrons. The van der Waals surface area contributed by atoms with Crippen LogP contribution in [-0.4, -0.2) is 92.5 Å². The number of benzene rings is 3. The number of ether oxygens (including phenoxy) is 1. The predicted molar refractivity (Wildman–Crippen MR) is 188 cm³/mol. The van der Waals surface area contributed by atoms with Crippen LogP contribution in [0.2, 0.25) is 0 Å². The van der Waals surface area contributed by atoms with Crippen molar-refractivity contribution in [2.45, 2.75) is 56.5 Å². The van der Waals surface area contributed by atoms with Gasteiger partial charge >= 0.3 is 14.3 Å². The number of fused-ring (bicyclic) bond motifs is 1. The van der Waals surface area contributed by atoms with Gasteiger partial charge < -0.3 is 26.0 Å². The molecule has 1 aliphatic heterocycles. The Morgan fingerprint density at radius 1 is 1.04 bits per heavy atom. The first kappa shape index (κ1) is 38.2. The Balaban J connectivity index is 1.43. The number of hydrogen-bond acceptors (Lipinski definition) is 8. The van der Waals surface area contributed by atoms with Crippen LogP contribution in [0.4, 0.5) is 10.5 Å².